The molecule has 18 heavy (non-hydrogen) atoms. The van der Waals surface area contributed by atoms with E-state index in [1.165, 1.54) is 12.1 Å². The number of nitro groups is 1. The van der Waals surface area contributed by atoms with E-state index in [0.29, 0.717) is 0 Å². The number of nitrogens with two attached hydrogens (primary N) is 1. The van der Waals surface area contributed by atoms with Crippen molar-refractivity contribution < 1.29 is 19.2 Å². The van der Waals surface area contributed by atoms with Gasteiger partial charge in [0.2, 0.25) is 0 Å². The van der Waals surface area contributed by atoms with Gasteiger partial charge in [0.05, 0.1) is 4.92 Å². The Morgan fingerprint density at radius 2 is 2.17 bits per heavy atom. The molecule has 9 heteroatoms. The predicted octanol–water partition coefficient (Wildman–Crippen LogP) is 0.822. The van der Waals surface area contributed by atoms with Crippen molar-refractivity contribution in [1.82, 2.24) is 5.32 Å². The van der Waals surface area contributed by atoms with Crippen LogP contribution in [0.3, 0.4) is 0 Å². The summed E-state index contributed by atoms with van der Waals surface area (Å²) >= 11 is 5.64. The van der Waals surface area contributed by atoms with Gasteiger partial charge in [-0.2, -0.15) is 0 Å². The molecule has 0 atom stereocenters. The molecule has 0 fully saturated rings. The first-order chi connectivity index (χ1) is 8.40. The lowest BCUT2D eigenvalue weighted by Gasteiger charge is -2.06. The molecule has 8 nitrogen and oxygen atoms in total. The molecule has 0 aromatic heterocycles. The van der Waals surface area contributed by atoms with E-state index < -0.39 is 23.5 Å². The number of ether oxygens (including phenoxy) is 1. The van der Waals surface area contributed by atoms with Crippen LogP contribution in [0.4, 0.5) is 10.5 Å². The SMILES string of the molecule is NC(=O)NC(=O)COc1cc(Cl)ccc1[N+](=O)[O-]. The number of nitrogens with zero attached hydrogens (tertiary/aromatic N) is 1. The van der Waals surface area contributed by atoms with Crippen LogP contribution in [0.15, 0.2) is 18.2 Å². The number of imide groups is 1. The quantitative estimate of drug-likeness (QED) is 0.620. The fraction of sp³-hybridized carbons (Fsp3) is 0.111. The topological polar surface area (TPSA) is 125 Å². The number of urea groups is 1. The normalized spacial score (nSPS) is 9.61. The Kier molecular flexibility index (Phi) is 4.44. The second kappa shape index (κ2) is 5.82. The molecule has 3 N–H and O–H groups in total. The third-order valence-electron chi connectivity index (χ3n) is 1.74. The van der Waals surface area contributed by atoms with E-state index in [1.54, 1.807) is 5.32 Å². The van der Waals surface area contributed by atoms with Crippen LogP contribution in [0.2, 0.25) is 5.02 Å². The lowest BCUT2D eigenvalue weighted by Crippen LogP contribution is -2.38. The maximum Gasteiger partial charge on any atom is 0.318 e. The summed E-state index contributed by atoms with van der Waals surface area (Å²) in [5.41, 5.74) is 4.37. The van der Waals surface area contributed by atoms with Crippen LogP contribution in [0, 0.1) is 10.1 Å². The second-order valence-electron chi connectivity index (χ2n) is 3.07. The second-order valence-corrected chi connectivity index (χ2v) is 3.51. The number of nitro benzene ring substituents is 1. The summed E-state index contributed by atoms with van der Waals surface area (Å²) in [5, 5.41) is 12.6. The van der Waals surface area contributed by atoms with E-state index in [2.05, 4.69) is 0 Å². The van der Waals surface area contributed by atoms with Gasteiger partial charge >= 0.3 is 11.7 Å². The smallest absolute Gasteiger partial charge is 0.318 e. The van der Waals surface area contributed by atoms with E-state index in [-0.39, 0.29) is 16.5 Å². The molecule has 1 aromatic rings. The summed E-state index contributed by atoms with van der Waals surface area (Å²) in [6.07, 6.45) is 0. The molecule has 96 valence electrons. The zero-order chi connectivity index (χ0) is 13.7. The molecule has 1 rings (SSSR count). The number of benzene rings is 1. The molecule has 0 aliphatic carbocycles. The van der Waals surface area contributed by atoms with Gasteiger partial charge in [0.1, 0.15) is 0 Å². The zero-order valence-electron chi connectivity index (χ0n) is 8.88. The zero-order valence-corrected chi connectivity index (χ0v) is 9.64. The number of primary amides is 1. The van der Waals surface area contributed by atoms with Gasteiger partial charge < -0.3 is 10.5 Å². The van der Waals surface area contributed by atoms with E-state index in [1.807, 2.05) is 0 Å². The van der Waals surface area contributed by atoms with Crippen molar-refractivity contribution in [3.8, 4) is 5.75 Å². The van der Waals surface area contributed by atoms with Crippen LogP contribution in [-0.4, -0.2) is 23.5 Å². The minimum Gasteiger partial charge on any atom is -0.477 e. The molecule has 0 radical (unpaired) electrons. The fourth-order valence-electron chi connectivity index (χ4n) is 1.07. The molecule has 3 amide bonds. The molecule has 0 aliphatic heterocycles. The third-order valence-corrected chi connectivity index (χ3v) is 1.98. The van der Waals surface area contributed by atoms with Gasteiger partial charge in [0.15, 0.2) is 12.4 Å². The monoisotopic (exact) mass is 273 g/mol. The van der Waals surface area contributed by atoms with Gasteiger partial charge in [0, 0.05) is 17.2 Å². The lowest BCUT2D eigenvalue weighted by molar-refractivity contribution is -0.385. The Balaban J connectivity index is 2.77. The van der Waals surface area contributed by atoms with Gasteiger partial charge in [-0.3, -0.25) is 20.2 Å². The minimum absolute atomic E-state index is 0.174. The summed E-state index contributed by atoms with van der Waals surface area (Å²) in [6, 6.07) is 2.61. The van der Waals surface area contributed by atoms with Gasteiger partial charge in [-0.15, -0.1) is 0 Å². The highest BCUT2D eigenvalue weighted by Gasteiger charge is 2.16. The van der Waals surface area contributed by atoms with Gasteiger partial charge in [0.25, 0.3) is 5.91 Å². The molecular weight excluding hydrogens is 266 g/mol. The predicted molar refractivity (Wildman–Crippen MR) is 61.3 cm³/mol. The van der Waals surface area contributed by atoms with Crippen LogP contribution < -0.4 is 15.8 Å². The summed E-state index contributed by atoms with van der Waals surface area (Å²) in [4.78, 5) is 31.4. The maximum atomic E-state index is 11.1. The van der Waals surface area contributed by atoms with Gasteiger partial charge in [-0.1, -0.05) is 11.6 Å². The van der Waals surface area contributed by atoms with Gasteiger partial charge in [-0.05, 0) is 6.07 Å². The maximum absolute atomic E-state index is 11.1. The number of hydrogen-bond donors (Lipinski definition) is 2. The molecule has 0 bridgehead atoms. The number of amides is 3. The van der Waals surface area contributed by atoms with E-state index in [4.69, 9.17) is 22.1 Å². The Labute approximate surface area is 106 Å². The summed E-state index contributed by atoms with van der Waals surface area (Å²) in [5.74, 6) is -0.996. The molecule has 0 heterocycles. The number of carbonyl (C=O) groups is 2. The molecular formula is C9H8ClN3O5. The van der Waals surface area contributed by atoms with Crippen molar-refractivity contribution in [2.75, 3.05) is 6.61 Å². The highest BCUT2D eigenvalue weighted by molar-refractivity contribution is 6.30. The van der Waals surface area contributed by atoms with E-state index in [9.17, 15) is 19.7 Å². The van der Waals surface area contributed by atoms with Crippen LogP contribution >= 0.6 is 11.6 Å². The van der Waals surface area contributed by atoms with Crippen LogP contribution in [0.5, 0.6) is 5.75 Å². The molecule has 0 saturated heterocycles. The van der Waals surface area contributed by atoms with Crippen LogP contribution in [0.1, 0.15) is 0 Å². The highest BCUT2D eigenvalue weighted by Crippen LogP contribution is 2.29. The first-order valence-electron chi connectivity index (χ1n) is 4.56. The first-order valence-corrected chi connectivity index (χ1v) is 4.94. The number of nitrogens with one attached hydrogen (secondary N) is 1. The average molecular weight is 274 g/mol. The number of hydrogen-bond acceptors (Lipinski definition) is 5. The summed E-state index contributed by atoms with van der Waals surface area (Å²) in [6.45, 7) is -0.593. The van der Waals surface area contributed by atoms with Gasteiger partial charge in [-0.25, -0.2) is 4.79 Å². The van der Waals surface area contributed by atoms with Crippen molar-refractivity contribution in [3.05, 3.63) is 33.3 Å². The van der Waals surface area contributed by atoms with E-state index >= 15 is 0 Å². The fourth-order valence-corrected chi connectivity index (χ4v) is 1.23. The Hall–Kier alpha value is -2.35. The number of carbonyl (C=O) groups excluding carboxylic acids is 2. The minimum atomic E-state index is -1.04. The van der Waals surface area contributed by atoms with Crippen molar-refractivity contribution >= 4 is 29.2 Å². The first kappa shape index (κ1) is 13.7. The average Bonchev–Trinajstić information content (AvgIpc) is 2.25. The summed E-state index contributed by atoms with van der Waals surface area (Å²) < 4.78 is 4.90. The third kappa shape index (κ3) is 3.91. The molecule has 0 spiro atoms. The largest absolute Gasteiger partial charge is 0.477 e. The van der Waals surface area contributed by atoms with E-state index in [0.717, 1.165) is 6.07 Å². The Morgan fingerprint density at radius 1 is 1.50 bits per heavy atom. The Bertz CT molecular complexity index is 505. The van der Waals surface area contributed by atoms with Crippen molar-refractivity contribution in [2.45, 2.75) is 0 Å². The lowest BCUT2D eigenvalue weighted by atomic mass is 10.3. The Morgan fingerprint density at radius 3 is 2.72 bits per heavy atom. The summed E-state index contributed by atoms with van der Waals surface area (Å²) in [7, 11) is 0. The van der Waals surface area contributed by atoms with Crippen LogP contribution in [0.25, 0.3) is 0 Å². The highest BCUT2D eigenvalue weighted by atomic mass is 35.5. The standard InChI is InChI=1S/C9H8ClN3O5/c10-5-1-2-6(13(16)17)7(3-5)18-4-8(14)12-9(11)15/h1-3H,4H2,(H3,11,12,14,15). The van der Waals surface area contributed by atoms with Crippen molar-refractivity contribution in [1.29, 1.82) is 0 Å². The molecule has 1 aromatic carbocycles. The van der Waals surface area contributed by atoms with Crippen LogP contribution in [-0.2, 0) is 4.79 Å². The molecule has 0 unspecified atom stereocenters. The molecule has 0 saturated carbocycles. The molecule has 0 aliphatic rings. The number of rotatable bonds is 4. The number of halogens is 1. The van der Waals surface area contributed by atoms with Crippen molar-refractivity contribution in [3.63, 3.8) is 0 Å². The van der Waals surface area contributed by atoms with Crippen molar-refractivity contribution in [2.24, 2.45) is 5.73 Å².